The van der Waals surface area contributed by atoms with Gasteiger partial charge in [0.2, 0.25) is 21.8 Å². The SMILES string of the molecule is C=CC(=O)NC1CCN(S(=O)(=O)c2ccc(NC(=O)C3CCC(C(C)(C)C)CC3)cc2)C(C)C1. The van der Waals surface area contributed by atoms with Gasteiger partial charge in [-0.3, -0.25) is 9.59 Å². The quantitative estimate of drug-likeness (QED) is 0.582. The van der Waals surface area contributed by atoms with E-state index in [0.717, 1.165) is 25.7 Å². The van der Waals surface area contributed by atoms with Crippen molar-refractivity contribution in [3.05, 3.63) is 36.9 Å². The first-order valence-electron chi connectivity index (χ1n) is 12.3. The molecule has 188 valence electrons. The van der Waals surface area contributed by atoms with Crippen molar-refractivity contribution in [1.29, 1.82) is 0 Å². The molecule has 1 heterocycles. The Morgan fingerprint density at radius 1 is 1.06 bits per heavy atom. The standard InChI is InChI=1S/C26H39N3O4S/c1-6-24(30)27-22-15-16-29(18(2)17-22)34(32,33)23-13-11-21(12-14-23)28-25(31)19-7-9-20(10-8-19)26(3,4)5/h6,11-14,18-20,22H,1,7-10,15-17H2,2-5H3,(H,27,30)(H,28,31). The zero-order valence-corrected chi connectivity index (χ0v) is 21.7. The number of carbonyl (C=O) groups excluding carboxylic acids is 2. The molecule has 0 spiro atoms. The molecule has 1 saturated heterocycles. The first kappa shape index (κ1) is 26.4. The molecule has 1 aliphatic heterocycles. The lowest BCUT2D eigenvalue weighted by Crippen LogP contribution is -2.50. The van der Waals surface area contributed by atoms with Crippen LogP contribution in [0.1, 0.15) is 66.2 Å². The van der Waals surface area contributed by atoms with Crippen LogP contribution in [0.5, 0.6) is 0 Å². The van der Waals surface area contributed by atoms with Gasteiger partial charge in [0.05, 0.1) is 4.90 Å². The Balaban J connectivity index is 1.58. The molecule has 2 fully saturated rings. The molecule has 1 aliphatic carbocycles. The van der Waals surface area contributed by atoms with Gasteiger partial charge in [-0.25, -0.2) is 8.42 Å². The summed E-state index contributed by atoms with van der Waals surface area (Å²) in [7, 11) is -3.67. The Morgan fingerprint density at radius 2 is 1.68 bits per heavy atom. The maximum atomic E-state index is 13.2. The van der Waals surface area contributed by atoms with Crippen LogP contribution in [-0.4, -0.2) is 43.2 Å². The molecular formula is C26H39N3O4S. The van der Waals surface area contributed by atoms with Crippen LogP contribution in [0.15, 0.2) is 41.8 Å². The van der Waals surface area contributed by atoms with Crippen LogP contribution in [0.2, 0.25) is 0 Å². The van der Waals surface area contributed by atoms with E-state index in [0.29, 0.717) is 31.0 Å². The summed E-state index contributed by atoms with van der Waals surface area (Å²) in [6.07, 6.45) is 6.22. The van der Waals surface area contributed by atoms with E-state index in [4.69, 9.17) is 0 Å². The Bertz CT molecular complexity index is 990. The average molecular weight is 490 g/mol. The predicted octanol–water partition coefficient (Wildman–Crippen LogP) is 4.32. The first-order chi connectivity index (χ1) is 15.9. The van der Waals surface area contributed by atoms with E-state index in [1.807, 2.05) is 6.92 Å². The first-order valence-corrected chi connectivity index (χ1v) is 13.7. The normalized spacial score (nSPS) is 26.5. The summed E-state index contributed by atoms with van der Waals surface area (Å²) in [5.74, 6) is 0.422. The highest BCUT2D eigenvalue weighted by Crippen LogP contribution is 2.40. The fraction of sp³-hybridized carbons (Fsp3) is 0.615. The van der Waals surface area contributed by atoms with Crippen molar-refractivity contribution >= 4 is 27.5 Å². The highest BCUT2D eigenvalue weighted by molar-refractivity contribution is 7.89. The third kappa shape index (κ3) is 6.27. The fourth-order valence-electron chi connectivity index (χ4n) is 5.21. The molecule has 1 aromatic rings. The molecule has 2 amide bonds. The molecule has 2 aliphatic rings. The number of hydrogen-bond acceptors (Lipinski definition) is 4. The number of sulfonamides is 1. The van der Waals surface area contributed by atoms with Crippen molar-refractivity contribution in [2.45, 2.75) is 83.2 Å². The molecule has 0 aromatic heterocycles. The Morgan fingerprint density at radius 3 is 2.21 bits per heavy atom. The van der Waals surface area contributed by atoms with Crippen LogP contribution in [0, 0.1) is 17.3 Å². The van der Waals surface area contributed by atoms with Gasteiger partial charge in [-0.15, -0.1) is 0 Å². The number of rotatable bonds is 6. The molecule has 8 heteroatoms. The second-order valence-electron chi connectivity index (χ2n) is 10.8. The minimum absolute atomic E-state index is 0.00531. The molecule has 7 nitrogen and oxygen atoms in total. The van der Waals surface area contributed by atoms with Crippen molar-refractivity contribution in [1.82, 2.24) is 9.62 Å². The van der Waals surface area contributed by atoms with Crippen LogP contribution < -0.4 is 10.6 Å². The van der Waals surface area contributed by atoms with E-state index in [-0.39, 0.29) is 40.1 Å². The summed E-state index contributed by atoms with van der Waals surface area (Å²) in [4.78, 5) is 24.5. The van der Waals surface area contributed by atoms with Gasteiger partial charge in [0.15, 0.2) is 0 Å². The fourth-order valence-corrected chi connectivity index (χ4v) is 6.87. The third-order valence-electron chi connectivity index (χ3n) is 7.40. The van der Waals surface area contributed by atoms with Crippen LogP contribution >= 0.6 is 0 Å². The molecule has 2 N–H and O–H groups in total. The molecular weight excluding hydrogens is 450 g/mol. The maximum absolute atomic E-state index is 13.2. The van der Waals surface area contributed by atoms with Gasteiger partial charge in [-0.1, -0.05) is 27.4 Å². The van der Waals surface area contributed by atoms with Gasteiger partial charge < -0.3 is 10.6 Å². The summed E-state index contributed by atoms with van der Waals surface area (Å²) in [6, 6.07) is 6.12. The van der Waals surface area contributed by atoms with Gasteiger partial charge >= 0.3 is 0 Å². The summed E-state index contributed by atoms with van der Waals surface area (Å²) in [6.45, 7) is 12.4. The van der Waals surface area contributed by atoms with Crippen molar-refractivity contribution in [3.63, 3.8) is 0 Å². The van der Waals surface area contributed by atoms with Crippen LogP contribution in [0.25, 0.3) is 0 Å². The Kier molecular flexibility index (Phi) is 8.24. The molecule has 0 radical (unpaired) electrons. The molecule has 3 rings (SSSR count). The van der Waals surface area contributed by atoms with Crippen molar-refractivity contribution in [2.75, 3.05) is 11.9 Å². The van der Waals surface area contributed by atoms with Gasteiger partial charge in [-0.05, 0) is 87.1 Å². The van der Waals surface area contributed by atoms with E-state index in [1.54, 1.807) is 24.3 Å². The number of nitrogens with zero attached hydrogens (tertiary/aromatic N) is 1. The minimum Gasteiger partial charge on any atom is -0.350 e. The Labute approximate surface area is 204 Å². The van der Waals surface area contributed by atoms with Crippen LogP contribution in [0.4, 0.5) is 5.69 Å². The zero-order valence-electron chi connectivity index (χ0n) is 20.8. The largest absolute Gasteiger partial charge is 0.350 e. The van der Waals surface area contributed by atoms with Gasteiger partial charge in [-0.2, -0.15) is 4.31 Å². The summed E-state index contributed by atoms with van der Waals surface area (Å²) >= 11 is 0. The van der Waals surface area contributed by atoms with E-state index >= 15 is 0 Å². The Hall–Kier alpha value is -2.19. The number of nitrogens with one attached hydrogen (secondary N) is 2. The highest BCUT2D eigenvalue weighted by Gasteiger charge is 2.35. The average Bonchev–Trinajstić information content (AvgIpc) is 2.78. The number of hydrogen-bond donors (Lipinski definition) is 2. The van der Waals surface area contributed by atoms with Crippen LogP contribution in [-0.2, 0) is 19.6 Å². The summed E-state index contributed by atoms with van der Waals surface area (Å²) in [5, 5.41) is 5.82. The monoisotopic (exact) mass is 489 g/mol. The van der Waals surface area contributed by atoms with E-state index in [1.165, 1.54) is 10.4 Å². The van der Waals surface area contributed by atoms with Crippen LogP contribution in [0.3, 0.4) is 0 Å². The molecule has 0 bridgehead atoms. The number of benzene rings is 1. The van der Waals surface area contributed by atoms with Crippen molar-refractivity contribution in [3.8, 4) is 0 Å². The van der Waals surface area contributed by atoms with E-state index < -0.39 is 10.0 Å². The summed E-state index contributed by atoms with van der Waals surface area (Å²) in [5.41, 5.74) is 0.885. The number of piperidine rings is 1. The third-order valence-corrected chi connectivity index (χ3v) is 9.43. The summed E-state index contributed by atoms with van der Waals surface area (Å²) < 4.78 is 27.9. The van der Waals surface area contributed by atoms with Gasteiger partial charge in [0.1, 0.15) is 0 Å². The maximum Gasteiger partial charge on any atom is 0.243 e. The molecule has 34 heavy (non-hydrogen) atoms. The highest BCUT2D eigenvalue weighted by atomic mass is 32.2. The molecule has 2 atom stereocenters. The topological polar surface area (TPSA) is 95.6 Å². The van der Waals surface area contributed by atoms with Crippen molar-refractivity contribution in [2.24, 2.45) is 17.3 Å². The lowest BCUT2D eigenvalue weighted by atomic mass is 9.69. The van der Waals surface area contributed by atoms with E-state index in [9.17, 15) is 18.0 Å². The number of anilines is 1. The minimum atomic E-state index is -3.67. The zero-order chi connectivity index (χ0) is 25.1. The lowest BCUT2D eigenvalue weighted by molar-refractivity contribution is -0.121. The second kappa shape index (κ2) is 10.6. The number of carbonyl (C=O) groups is 2. The molecule has 1 aromatic carbocycles. The van der Waals surface area contributed by atoms with Gasteiger partial charge in [0, 0.05) is 30.2 Å². The van der Waals surface area contributed by atoms with E-state index in [2.05, 4.69) is 38.0 Å². The molecule has 1 saturated carbocycles. The molecule has 2 unspecified atom stereocenters. The van der Waals surface area contributed by atoms with Gasteiger partial charge in [0.25, 0.3) is 0 Å². The smallest absolute Gasteiger partial charge is 0.243 e. The predicted molar refractivity (Wildman–Crippen MR) is 135 cm³/mol. The number of amides is 2. The van der Waals surface area contributed by atoms with Crippen molar-refractivity contribution < 1.29 is 18.0 Å². The second-order valence-corrected chi connectivity index (χ2v) is 12.7. The lowest BCUT2D eigenvalue weighted by Gasteiger charge is -2.37.